The summed E-state index contributed by atoms with van der Waals surface area (Å²) < 4.78 is 42.1. The highest BCUT2D eigenvalue weighted by molar-refractivity contribution is 5.69. The van der Waals surface area contributed by atoms with Crippen molar-refractivity contribution in [1.82, 2.24) is 4.90 Å². The molecule has 0 aromatic heterocycles. The molecule has 0 radical (unpaired) electrons. The Labute approximate surface area is 121 Å². The minimum absolute atomic E-state index is 0.192. The van der Waals surface area contributed by atoms with E-state index in [1.165, 1.54) is 18.9 Å². The molecule has 1 aliphatic heterocycles. The van der Waals surface area contributed by atoms with Gasteiger partial charge in [-0.2, -0.15) is 8.78 Å². The lowest BCUT2D eigenvalue weighted by Gasteiger charge is -2.18. The Bertz CT molecular complexity index is 522. The van der Waals surface area contributed by atoms with Crippen molar-refractivity contribution < 1.29 is 17.9 Å². The maximum absolute atomic E-state index is 13.5. The number of nitrogen functional groups attached to an aromatic ring is 1. The molecule has 1 heterocycles. The number of likely N-dealkylation sites (tertiary alicyclic amines) is 1. The van der Waals surface area contributed by atoms with Crippen LogP contribution in [0.5, 0.6) is 5.75 Å². The Kier molecular flexibility index (Phi) is 3.84. The van der Waals surface area contributed by atoms with Gasteiger partial charge in [-0.05, 0) is 19.3 Å². The smallest absolute Gasteiger partial charge is 0.387 e. The first-order valence-corrected chi connectivity index (χ1v) is 7.07. The summed E-state index contributed by atoms with van der Waals surface area (Å²) in [5, 5.41) is 3.20. The number of hydrogen-bond acceptors (Lipinski definition) is 4. The van der Waals surface area contributed by atoms with E-state index in [9.17, 15) is 13.2 Å². The number of nitrogens with one attached hydrogen (secondary N) is 1. The van der Waals surface area contributed by atoms with Gasteiger partial charge in [0.05, 0.1) is 11.4 Å². The minimum atomic E-state index is -3.06. The summed E-state index contributed by atoms with van der Waals surface area (Å²) in [4.78, 5) is 2.41. The second-order valence-electron chi connectivity index (χ2n) is 5.60. The SMILES string of the molecule is Nc1cc(F)c(OC(F)F)cc1NC1CCN(C2CC2)C1. The van der Waals surface area contributed by atoms with E-state index in [0.717, 1.165) is 25.6 Å². The lowest BCUT2D eigenvalue weighted by molar-refractivity contribution is -0.0521. The fraction of sp³-hybridized carbons (Fsp3) is 0.571. The second kappa shape index (κ2) is 5.63. The van der Waals surface area contributed by atoms with Gasteiger partial charge in [0.25, 0.3) is 0 Å². The van der Waals surface area contributed by atoms with E-state index in [0.29, 0.717) is 11.7 Å². The van der Waals surface area contributed by atoms with Gasteiger partial charge in [0.1, 0.15) is 0 Å². The number of benzene rings is 1. The van der Waals surface area contributed by atoms with Crippen molar-refractivity contribution in [2.45, 2.75) is 38.0 Å². The van der Waals surface area contributed by atoms with E-state index in [-0.39, 0.29) is 11.7 Å². The van der Waals surface area contributed by atoms with Crippen LogP contribution >= 0.6 is 0 Å². The summed E-state index contributed by atoms with van der Waals surface area (Å²) in [7, 11) is 0. The van der Waals surface area contributed by atoms with Gasteiger partial charge in [-0.3, -0.25) is 4.90 Å². The van der Waals surface area contributed by atoms with E-state index < -0.39 is 18.2 Å². The molecule has 1 saturated carbocycles. The Balaban J connectivity index is 1.69. The van der Waals surface area contributed by atoms with Crippen LogP contribution in [0.3, 0.4) is 0 Å². The average molecular weight is 301 g/mol. The fourth-order valence-corrected chi connectivity index (χ4v) is 2.78. The molecular weight excluding hydrogens is 283 g/mol. The third-order valence-electron chi connectivity index (χ3n) is 3.96. The predicted octanol–water partition coefficient (Wildman–Crippen LogP) is 2.66. The standard InChI is InChI=1S/C14H18F3N3O/c15-10-5-11(18)12(6-13(10)21-14(16)17)19-8-3-4-20(7-8)9-1-2-9/h5-6,8-9,14,19H,1-4,7,18H2. The molecule has 4 nitrogen and oxygen atoms in total. The van der Waals surface area contributed by atoms with Gasteiger partial charge in [-0.15, -0.1) is 0 Å². The van der Waals surface area contributed by atoms with Crippen molar-refractivity contribution in [3.05, 3.63) is 17.9 Å². The minimum Gasteiger partial charge on any atom is -0.432 e. The average Bonchev–Trinajstić information content (AvgIpc) is 3.15. The molecule has 1 atom stereocenters. The van der Waals surface area contributed by atoms with Crippen molar-refractivity contribution in [1.29, 1.82) is 0 Å². The molecule has 0 amide bonds. The number of hydrogen-bond donors (Lipinski definition) is 2. The quantitative estimate of drug-likeness (QED) is 0.821. The molecule has 3 rings (SSSR count). The predicted molar refractivity (Wildman–Crippen MR) is 74.1 cm³/mol. The third kappa shape index (κ3) is 3.34. The van der Waals surface area contributed by atoms with Gasteiger partial charge in [0, 0.05) is 37.3 Å². The maximum Gasteiger partial charge on any atom is 0.387 e. The zero-order valence-corrected chi connectivity index (χ0v) is 11.5. The molecule has 1 aromatic carbocycles. The molecule has 1 saturated heterocycles. The Hall–Kier alpha value is -1.63. The zero-order valence-electron chi connectivity index (χ0n) is 11.5. The number of nitrogens with two attached hydrogens (primary N) is 1. The van der Waals surface area contributed by atoms with Crippen LogP contribution in [0.2, 0.25) is 0 Å². The second-order valence-corrected chi connectivity index (χ2v) is 5.60. The van der Waals surface area contributed by atoms with Crippen LogP contribution in [-0.2, 0) is 0 Å². The summed E-state index contributed by atoms with van der Waals surface area (Å²) in [6.07, 6.45) is 3.45. The summed E-state index contributed by atoms with van der Waals surface area (Å²) in [6.45, 7) is -1.15. The number of alkyl halides is 2. The molecule has 1 aromatic rings. The molecule has 2 aliphatic rings. The van der Waals surface area contributed by atoms with Crippen LogP contribution in [0.15, 0.2) is 12.1 Å². The molecular formula is C14H18F3N3O. The molecule has 1 aliphatic carbocycles. The largest absolute Gasteiger partial charge is 0.432 e. The van der Waals surface area contributed by atoms with Crippen molar-refractivity contribution in [3.63, 3.8) is 0 Å². The topological polar surface area (TPSA) is 50.5 Å². The van der Waals surface area contributed by atoms with Crippen molar-refractivity contribution in [2.75, 3.05) is 24.1 Å². The highest BCUT2D eigenvalue weighted by atomic mass is 19.3. The van der Waals surface area contributed by atoms with Crippen LogP contribution in [0, 0.1) is 5.82 Å². The monoisotopic (exact) mass is 301 g/mol. The normalized spacial score (nSPS) is 22.8. The first kappa shape index (κ1) is 14.3. The lowest BCUT2D eigenvalue weighted by Crippen LogP contribution is -2.28. The highest BCUT2D eigenvalue weighted by Crippen LogP contribution is 2.33. The van der Waals surface area contributed by atoms with Gasteiger partial charge in [-0.25, -0.2) is 4.39 Å². The van der Waals surface area contributed by atoms with Gasteiger partial charge in [0.15, 0.2) is 11.6 Å². The van der Waals surface area contributed by atoms with Gasteiger partial charge in [0.2, 0.25) is 0 Å². The van der Waals surface area contributed by atoms with Crippen LogP contribution < -0.4 is 15.8 Å². The molecule has 21 heavy (non-hydrogen) atoms. The Morgan fingerprint density at radius 1 is 1.29 bits per heavy atom. The highest BCUT2D eigenvalue weighted by Gasteiger charge is 2.34. The molecule has 3 N–H and O–H groups in total. The molecule has 2 fully saturated rings. The van der Waals surface area contributed by atoms with Gasteiger partial charge < -0.3 is 15.8 Å². The number of rotatable bonds is 5. The van der Waals surface area contributed by atoms with Crippen LogP contribution in [-0.4, -0.2) is 36.7 Å². The zero-order chi connectivity index (χ0) is 15.0. The van der Waals surface area contributed by atoms with E-state index in [1.54, 1.807) is 0 Å². The Morgan fingerprint density at radius 3 is 2.71 bits per heavy atom. The van der Waals surface area contributed by atoms with Crippen LogP contribution in [0.1, 0.15) is 19.3 Å². The number of ether oxygens (including phenoxy) is 1. The number of nitrogens with zero attached hydrogens (tertiary/aromatic N) is 1. The Morgan fingerprint density at radius 2 is 2.05 bits per heavy atom. The maximum atomic E-state index is 13.5. The van der Waals surface area contributed by atoms with E-state index in [1.807, 2.05) is 0 Å². The molecule has 7 heteroatoms. The van der Waals surface area contributed by atoms with Crippen molar-refractivity contribution in [2.24, 2.45) is 0 Å². The molecule has 0 bridgehead atoms. The first-order chi connectivity index (χ1) is 10.0. The van der Waals surface area contributed by atoms with Gasteiger partial charge in [-0.1, -0.05) is 0 Å². The van der Waals surface area contributed by atoms with E-state index >= 15 is 0 Å². The van der Waals surface area contributed by atoms with E-state index in [4.69, 9.17) is 5.73 Å². The summed E-state index contributed by atoms with van der Waals surface area (Å²) >= 11 is 0. The number of halogens is 3. The number of anilines is 2. The van der Waals surface area contributed by atoms with Crippen LogP contribution in [0.25, 0.3) is 0 Å². The van der Waals surface area contributed by atoms with Crippen molar-refractivity contribution in [3.8, 4) is 5.75 Å². The molecule has 0 spiro atoms. The summed E-state index contributed by atoms with van der Waals surface area (Å²) in [5.41, 5.74) is 6.38. The summed E-state index contributed by atoms with van der Waals surface area (Å²) in [5.74, 6) is -1.37. The van der Waals surface area contributed by atoms with Crippen molar-refractivity contribution >= 4 is 11.4 Å². The molecule has 116 valence electrons. The van der Waals surface area contributed by atoms with E-state index in [2.05, 4.69) is 15.0 Å². The van der Waals surface area contributed by atoms with Gasteiger partial charge >= 0.3 is 6.61 Å². The third-order valence-corrected chi connectivity index (χ3v) is 3.96. The molecule has 1 unspecified atom stereocenters. The lowest BCUT2D eigenvalue weighted by atomic mass is 10.2. The van der Waals surface area contributed by atoms with Crippen LogP contribution in [0.4, 0.5) is 24.5 Å². The first-order valence-electron chi connectivity index (χ1n) is 7.07. The summed E-state index contributed by atoms with van der Waals surface area (Å²) in [6, 6.07) is 3.10. The fourth-order valence-electron chi connectivity index (χ4n) is 2.78.